The van der Waals surface area contributed by atoms with Crippen LogP contribution in [0.25, 0.3) is 0 Å². The van der Waals surface area contributed by atoms with Crippen LogP contribution >= 0.6 is 0 Å². The first-order valence-corrected chi connectivity index (χ1v) is 4.77. The highest BCUT2D eigenvalue weighted by atomic mass is 19.4. The van der Waals surface area contributed by atoms with Crippen LogP contribution in [0.15, 0.2) is 0 Å². The number of nitrogens with one attached hydrogen (secondary N) is 1. The number of alkyl halides is 3. The second-order valence-corrected chi connectivity index (χ2v) is 4.24. The minimum atomic E-state index is -4.20. The number of methoxy groups -OCH3 is 1. The smallest absolute Gasteiger partial charge is 0.392 e. The van der Waals surface area contributed by atoms with E-state index in [0.717, 1.165) is 0 Å². The van der Waals surface area contributed by atoms with Crippen LogP contribution in [0.2, 0.25) is 0 Å². The van der Waals surface area contributed by atoms with Crippen molar-refractivity contribution in [2.45, 2.75) is 12.6 Å². The van der Waals surface area contributed by atoms with E-state index in [1.54, 1.807) is 0 Å². The van der Waals surface area contributed by atoms with E-state index in [1.165, 1.54) is 7.11 Å². The summed E-state index contributed by atoms with van der Waals surface area (Å²) in [5.74, 6) is -2.52. The normalized spacial score (nSPS) is 39.5. The topological polar surface area (TPSA) is 38.3 Å². The third-order valence-corrected chi connectivity index (χ3v) is 3.60. The lowest BCUT2D eigenvalue weighted by atomic mass is 9.55. The van der Waals surface area contributed by atoms with Crippen LogP contribution in [-0.4, -0.2) is 32.3 Å². The minimum absolute atomic E-state index is 0.138. The zero-order valence-corrected chi connectivity index (χ0v) is 8.23. The van der Waals surface area contributed by atoms with Gasteiger partial charge < -0.3 is 10.1 Å². The van der Waals surface area contributed by atoms with Crippen molar-refractivity contribution in [3.63, 3.8) is 0 Å². The Bertz CT molecular complexity index is 292. The van der Waals surface area contributed by atoms with Crippen molar-refractivity contribution in [3.8, 4) is 0 Å². The van der Waals surface area contributed by atoms with Crippen LogP contribution < -0.4 is 5.32 Å². The number of ether oxygens (including phenoxy) is 1. The third kappa shape index (κ3) is 1.34. The molecule has 1 saturated carbocycles. The molecule has 1 aliphatic carbocycles. The summed E-state index contributed by atoms with van der Waals surface area (Å²) >= 11 is 0. The SMILES string of the molecule is COC(=O)[C@]12CNC[C@H]1[C@H](C(F)(F)F)C2. The Morgan fingerprint density at radius 3 is 2.73 bits per heavy atom. The van der Waals surface area contributed by atoms with E-state index in [2.05, 4.69) is 10.1 Å². The maximum atomic E-state index is 12.5. The Kier molecular flexibility index (Phi) is 2.22. The van der Waals surface area contributed by atoms with Crippen LogP contribution in [0.5, 0.6) is 0 Å². The maximum Gasteiger partial charge on any atom is 0.392 e. The van der Waals surface area contributed by atoms with Crippen LogP contribution in [0.3, 0.4) is 0 Å². The van der Waals surface area contributed by atoms with Gasteiger partial charge in [-0.05, 0) is 13.0 Å². The van der Waals surface area contributed by atoms with Gasteiger partial charge in [-0.3, -0.25) is 4.79 Å². The summed E-state index contributed by atoms with van der Waals surface area (Å²) in [6, 6.07) is 0. The summed E-state index contributed by atoms with van der Waals surface area (Å²) in [5, 5.41) is 2.84. The van der Waals surface area contributed by atoms with Gasteiger partial charge in [-0.1, -0.05) is 0 Å². The van der Waals surface area contributed by atoms with Gasteiger partial charge in [0.25, 0.3) is 0 Å². The highest BCUT2D eigenvalue weighted by Crippen LogP contribution is 2.59. The molecule has 1 heterocycles. The highest BCUT2D eigenvalue weighted by Gasteiger charge is 2.68. The number of esters is 1. The molecule has 0 spiro atoms. The Labute approximate surface area is 85.0 Å². The van der Waals surface area contributed by atoms with Crippen LogP contribution in [0.1, 0.15) is 6.42 Å². The molecular formula is C9H12F3NO2. The quantitative estimate of drug-likeness (QED) is 0.672. The molecule has 1 aliphatic heterocycles. The average Bonchev–Trinajstić information content (AvgIpc) is 2.41. The maximum absolute atomic E-state index is 12.5. The van der Waals surface area contributed by atoms with Crippen molar-refractivity contribution in [3.05, 3.63) is 0 Å². The average molecular weight is 223 g/mol. The van der Waals surface area contributed by atoms with Gasteiger partial charge in [0.05, 0.1) is 18.4 Å². The molecule has 3 atom stereocenters. The Hall–Kier alpha value is -0.780. The molecule has 15 heavy (non-hydrogen) atoms. The first kappa shape index (κ1) is 10.7. The van der Waals surface area contributed by atoms with E-state index < -0.39 is 29.4 Å². The van der Waals surface area contributed by atoms with Gasteiger partial charge in [-0.2, -0.15) is 13.2 Å². The van der Waals surface area contributed by atoms with Crippen LogP contribution in [0.4, 0.5) is 13.2 Å². The Balaban J connectivity index is 2.16. The van der Waals surface area contributed by atoms with Crippen molar-refractivity contribution in [2.24, 2.45) is 17.3 Å². The van der Waals surface area contributed by atoms with Gasteiger partial charge in [-0.25, -0.2) is 0 Å². The number of halogens is 3. The second-order valence-electron chi connectivity index (χ2n) is 4.24. The molecule has 0 radical (unpaired) electrons. The monoisotopic (exact) mass is 223 g/mol. The second kappa shape index (κ2) is 3.10. The number of rotatable bonds is 1. The first-order valence-electron chi connectivity index (χ1n) is 4.77. The fourth-order valence-electron chi connectivity index (χ4n) is 2.76. The van der Waals surface area contributed by atoms with Gasteiger partial charge in [0.2, 0.25) is 0 Å². The predicted octanol–water partition coefficient (Wildman–Crippen LogP) is 0.947. The molecule has 0 aromatic heterocycles. The standard InChI is InChI=1S/C9H12F3NO2/c1-15-7(14)8-2-5(9(10,11)12)6(8)3-13-4-8/h5-6,13H,2-4H2,1H3/t5-,6+,8-/m1/s1. The van der Waals surface area contributed by atoms with E-state index in [0.29, 0.717) is 6.54 Å². The van der Waals surface area contributed by atoms with Crippen molar-refractivity contribution in [1.29, 1.82) is 0 Å². The Morgan fingerprint density at radius 2 is 2.20 bits per heavy atom. The van der Waals surface area contributed by atoms with Crippen LogP contribution in [0, 0.1) is 17.3 Å². The minimum Gasteiger partial charge on any atom is -0.469 e. The summed E-state index contributed by atoms with van der Waals surface area (Å²) in [7, 11) is 1.22. The molecule has 3 nitrogen and oxygen atoms in total. The molecule has 1 saturated heterocycles. The number of carbonyl (C=O) groups excluding carboxylic acids is 1. The lowest BCUT2D eigenvalue weighted by Gasteiger charge is -2.48. The molecule has 2 rings (SSSR count). The van der Waals surface area contributed by atoms with E-state index in [4.69, 9.17) is 0 Å². The summed E-state index contributed by atoms with van der Waals surface area (Å²) in [6.45, 7) is 0.552. The molecule has 86 valence electrons. The van der Waals surface area contributed by atoms with Crippen molar-refractivity contribution in [2.75, 3.05) is 20.2 Å². The summed E-state index contributed by atoms with van der Waals surface area (Å²) in [6.07, 6.45) is -4.34. The third-order valence-electron chi connectivity index (χ3n) is 3.60. The molecule has 6 heteroatoms. The van der Waals surface area contributed by atoms with Gasteiger partial charge in [-0.15, -0.1) is 0 Å². The highest BCUT2D eigenvalue weighted by molar-refractivity contribution is 5.79. The van der Waals surface area contributed by atoms with E-state index >= 15 is 0 Å². The summed E-state index contributed by atoms with van der Waals surface area (Å²) in [5.41, 5.74) is -0.922. The van der Waals surface area contributed by atoms with E-state index in [9.17, 15) is 18.0 Å². The van der Waals surface area contributed by atoms with Crippen molar-refractivity contribution >= 4 is 5.97 Å². The number of hydrogen-bond acceptors (Lipinski definition) is 3. The van der Waals surface area contributed by atoms with Gasteiger partial charge in [0.15, 0.2) is 0 Å². The molecule has 0 aromatic carbocycles. The molecule has 0 unspecified atom stereocenters. The number of fused-ring (bicyclic) bond motifs is 1. The van der Waals surface area contributed by atoms with Crippen molar-refractivity contribution in [1.82, 2.24) is 5.32 Å². The van der Waals surface area contributed by atoms with Gasteiger partial charge in [0.1, 0.15) is 0 Å². The lowest BCUT2D eigenvalue weighted by molar-refractivity contribution is -0.243. The predicted molar refractivity (Wildman–Crippen MR) is 45.0 cm³/mol. The fraction of sp³-hybridized carbons (Fsp3) is 0.889. The van der Waals surface area contributed by atoms with Crippen LogP contribution in [-0.2, 0) is 9.53 Å². The summed E-state index contributed by atoms with van der Waals surface area (Å²) in [4.78, 5) is 11.4. The molecule has 1 N–H and O–H groups in total. The van der Waals surface area contributed by atoms with Gasteiger partial charge >= 0.3 is 12.1 Å². The van der Waals surface area contributed by atoms with Gasteiger partial charge in [0, 0.05) is 12.5 Å². The molecule has 2 aliphatic rings. The zero-order chi connectivity index (χ0) is 11.3. The first-order chi connectivity index (χ1) is 6.92. The molecule has 0 aromatic rings. The van der Waals surface area contributed by atoms with E-state index in [1.807, 2.05) is 0 Å². The molecular weight excluding hydrogens is 211 g/mol. The lowest BCUT2D eigenvalue weighted by Crippen LogP contribution is -2.57. The Morgan fingerprint density at radius 1 is 1.53 bits per heavy atom. The fourth-order valence-corrected chi connectivity index (χ4v) is 2.76. The van der Waals surface area contributed by atoms with Crippen molar-refractivity contribution < 1.29 is 22.7 Å². The zero-order valence-electron chi connectivity index (χ0n) is 8.23. The number of hydrogen-bond donors (Lipinski definition) is 1. The van der Waals surface area contributed by atoms with E-state index in [-0.39, 0.29) is 13.0 Å². The summed E-state index contributed by atoms with van der Waals surface area (Å²) < 4.78 is 42.1. The molecule has 0 bridgehead atoms. The largest absolute Gasteiger partial charge is 0.469 e. The molecule has 0 amide bonds. The number of carbonyl (C=O) groups is 1. The molecule has 2 fully saturated rings.